The van der Waals surface area contributed by atoms with Crippen molar-refractivity contribution in [3.05, 3.63) is 0 Å². The SMILES string of the molecule is CO[C@@H]1C[C@@H]2C[C@@H](CO[Si](C)(C)C(C)(C)C)[C@H]1C2. The van der Waals surface area contributed by atoms with Crippen LogP contribution in [0.3, 0.4) is 0 Å². The molecule has 0 amide bonds. The van der Waals surface area contributed by atoms with E-state index in [1.54, 1.807) is 0 Å². The van der Waals surface area contributed by atoms with Crippen molar-refractivity contribution in [3.8, 4) is 0 Å². The number of hydrogen-bond acceptors (Lipinski definition) is 2. The molecule has 2 nitrogen and oxygen atoms in total. The van der Waals surface area contributed by atoms with Crippen molar-refractivity contribution in [1.29, 1.82) is 0 Å². The van der Waals surface area contributed by atoms with E-state index in [1.165, 1.54) is 19.3 Å². The van der Waals surface area contributed by atoms with E-state index in [2.05, 4.69) is 33.9 Å². The van der Waals surface area contributed by atoms with Gasteiger partial charge >= 0.3 is 0 Å². The molecule has 0 aliphatic heterocycles. The minimum absolute atomic E-state index is 0.325. The lowest BCUT2D eigenvalue weighted by molar-refractivity contribution is 0.0206. The summed E-state index contributed by atoms with van der Waals surface area (Å²) in [5, 5.41) is 0.325. The average Bonchev–Trinajstić information content (AvgIpc) is 2.83. The molecular formula is C15H30O2Si. The van der Waals surface area contributed by atoms with Crippen LogP contribution in [0.2, 0.25) is 18.1 Å². The number of hydrogen-bond donors (Lipinski definition) is 0. The van der Waals surface area contributed by atoms with Crippen molar-refractivity contribution in [3.63, 3.8) is 0 Å². The third-order valence-electron chi connectivity index (χ3n) is 5.66. The second-order valence-electron chi connectivity index (χ2n) is 7.84. The second-order valence-corrected chi connectivity index (χ2v) is 12.7. The third kappa shape index (κ3) is 2.68. The van der Waals surface area contributed by atoms with Crippen LogP contribution < -0.4 is 0 Å². The van der Waals surface area contributed by atoms with Crippen LogP contribution in [0.5, 0.6) is 0 Å². The van der Waals surface area contributed by atoms with Crippen LogP contribution >= 0.6 is 0 Å². The minimum Gasteiger partial charge on any atom is -0.417 e. The highest BCUT2D eigenvalue weighted by molar-refractivity contribution is 6.74. The first-order chi connectivity index (χ1) is 8.24. The number of fused-ring (bicyclic) bond motifs is 2. The van der Waals surface area contributed by atoms with Crippen LogP contribution in [0.1, 0.15) is 40.0 Å². The molecule has 2 aliphatic carbocycles. The molecule has 3 heteroatoms. The van der Waals surface area contributed by atoms with Gasteiger partial charge < -0.3 is 9.16 Å². The molecule has 2 aliphatic rings. The maximum absolute atomic E-state index is 6.41. The minimum atomic E-state index is -1.57. The monoisotopic (exact) mass is 270 g/mol. The van der Waals surface area contributed by atoms with Gasteiger partial charge in [0.1, 0.15) is 0 Å². The molecule has 106 valence electrons. The van der Waals surface area contributed by atoms with E-state index in [4.69, 9.17) is 9.16 Å². The first-order valence-corrected chi connectivity index (χ1v) is 10.3. The molecule has 0 radical (unpaired) electrons. The molecule has 0 spiro atoms. The van der Waals surface area contributed by atoms with Crippen LogP contribution in [-0.2, 0) is 9.16 Å². The van der Waals surface area contributed by atoms with E-state index in [9.17, 15) is 0 Å². The third-order valence-corrected chi connectivity index (χ3v) is 10.2. The lowest BCUT2D eigenvalue weighted by Gasteiger charge is -2.38. The summed E-state index contributed by atoms with van der Waals surface area (Å²) in [6.45, 7) is 12.6. The smallest absolute Gasteiger partial charge is 0.191 e. The Morgan fingerprint density at radius 1 is 1.11 bits per heavy atom. The maximum Gasteiger partial charge on any atom is 0.191 e. The first-order valence-electron chi connectivity index (χ1n) is 7.41. The van der Waals surface area contributed by atoms with E-state index in [1.807, 2.05) is 7.11 Å². The Balaban J connectivity index is 1.89. The topological polar surface area (TPSA) is 18.5 Å². The summed E-state index contributed by atoms with van der Waals surface area (Å²) in [5.74, 6) is 2.43. The molecule has 2 saturated carbocycles. The second kappa shape index (κ2) is 4.91. The van der Waals surface area contributed by atoms with Crippen molar-refractivity contribution < 1.29 is 9.16 Å². The zero-order valence-corrected chi connectivity index (χ0v) is 14.0. The molecule has 4 atom stereocenters. The Morgan fingerprint density at radius 3 is 2.28 bits per heavy atom. The molecule has 0 aromatic carbocycles. The predicted octanol–water partition coefficient (Wildman–Crippen LogP) is 4.07. The molecule has 0 unspecified atom stereocenters. The summed E-state index contributed by atoms with van der Waals surface area (Å²) in [6.07, 6.45) is 4.55. The Kier molecular flexibility index (Phi) is 3.97. The molecule has 2 rings (SSSR count). The molecule has 0 N–H and O–H groups in total. The number of methoxy groups -OCH3 is 1. The van der Waals surface area contributed by atoms with Crippen LogP contribution in [0.4, 0.5) is 0 Å². The van der Waals surface area contributed by atoms with E-state index in [0.29, 0.717) is 11.1 Å². The fraction of sp³-hybridized carbons (Fsp3) is 1.00. The molecule has 18 heavy (non-hydrogen) atoms. The lowest BCUT2D eigenvalue weighted by atomic mass is 9.87. The fourth-order valence-electron chi connectivity index (χ4n) is 3.42. The molecule has 2 bridgehead atoms. The van der Waals surface area contributed by atoms with Gasteiger partial charge in [-0.3, -0.25) is 0 Å². The highest BCUT2D eigenvalue weighted by Crippen LogP contribution is 2.50. The fourth-order valence-corrected chi connectivity index (χ4v) is 4.49. The van der Waals surface area contributed by atoms with Crippen LogP contribution in [0.25, 0.3) is 0 Å². The van der Waals surface area contributed by atoms with Crippen molar-refractivity contribution in [2.75, 3.05) is 13.7 Å². The standard InChI is InChI=1S/C15H30O2Si/c1-15(2,3)18(5,6)17-10-12-7-11-8-13(12)14(9-11)16-4/h11-14H,7-10H2,1-6H3/t11-,12+,13-,14-/m1/s1. The van der Waals surface area contributed by atoms with Crippen molar-refractivity contribution >= 4 is 8.32 Å². The van der Waals surface area contributed by atoms with E-state index in [0.717, 1.165) is 24.4 Å². The Labute approximate surface area is 114 Å². The van der Waals surface area contributed by atoms with Crippen molar-refractivity contribution in [2.45, 2.75) is 64.3 Å². The van der Waals surface area contributed by atoms with Gasteiger partial charge in [-0.15, -0.1) is 0 Å². The van der Waals surface area contributed by atoms with Crippen LogP contribution in [-0.4, -0.2) is 28.1 Å². The largest absolute Gasteiger partial charge is 0.417 e. The molecule has 0 saturated heterocycles. The quantitative estimate of drug-likeness (QED) is 0.717. The molecule has 0 aromatic rings. The first kappa shape index (κ1) is 14.5. The Morgan fingerprint density at radius 2 is 1.78 bits per heavy atom. The summed E-state index contributed by atoms with van der Waals surface area (Å²) in [6, 6.07) is 0. The van der Waals surface area contributed by atoms with E-state index in [-0.39, 0.29) is 0 Å². The zero-order valence-electron chi connectivity index (χ0n) is 13.0. The van der Waals surface area contributed by atoms with E-state index < -0.39 is 8.32 Å². The maximum atomic E-state index is 6.41. The molecule has 0 aromatic heterocycles. The highest BCUT2D eigenvalue weighted by atomic mass is 28.4. The summed E-state index contributed by atoms with van der Waals surface area (Å²) in [5.41, 5.74) is 0. The zero-order chi connectivity index (χ0) is 13.6. The van der Waals surface area contributed by atoms with Crippen molar-refractivity contribution in [1.82, 2.24) is 0 Å². The predicted molar refractivity (Wildman–Crippen MR) is 78.3 cm³/mol. The van der Waals surface area contributed by atoms with Gasteiger partial charge in [0, 0.05) is 13.7 Å². The molecular weight excluding hydrogens is 240 g/mol. The normalized spacial score (nSPS) is 36.3. The number of ether oxygens (including phenoxy) is 1. The highest BCUT2D eigenvalue weighted by Gasteiger charge is 2.47. The van der Waals surface area contributed by atoms with Gasteiger partial charge in [-0.2, -0.15) is 0 Å². The van der Waals surface area contributed by atoms with Crippen molar-refractivity contribution in [2.24, 2.45) is 17.8 Å². The van der Waals surface area contributed by atoms with Crippen LogP contribution in [0, 0.1) is 17.8 Å². The Bertz CT molecular complexity index is 295. The van der Waals surface area contributed by atoms with Gasteiger partial charge in [0.15, 0.2) is 8.32 Å². The van der Waals surface area contributed by atoms with Gasteiger partial charge in [-0.1, -0.05) is 20.8 Å². The Hall–Kier alpha value is 0.137. The van der Waals surface area contributed by atoms with Gasteiger partial charge in [0.05, 0.1) is 6.10 Å². The summed E-state index contributed by atoms with van der Waals surface area (Å²) in [4.78, 5) is 0. The average molecular weight is 270 g/mol. The lowest BCUT2D eigenvalue weighted by Crippen LogP contribution is -2.43. The van der Waals surface area contributed by atoms with Gasteiger partial charge in [-0.25, -0.2) is 0 Å². The summed E-state index contributed by atoms with van der Waals surface area (Å²) < 4.78 is 12.0. The van der Waals surface area contributed by atoms with Gasteiger partial charge in [-0.05, 0) is 55.1 Å². The molecule has 2 fully saturated rings. The van der Waals surface area contributed by atoms with Crippen LogP contribution in [0.15, 0.2) is 0 Å². The van der Waals surface area contributed by atoms with Gasteiger partial charge in [0.2, 0.25) is 0 Å². The summed E-state index contributed by atoms with van der Waals surface area (Å²) >= 11 is 0. The van der Waals surface area contributed by atoms with Gasteiger partial charge in [0.25, 0.3) is 0 Å². The van der Waals surface area contributed by atoms with E-state index >= 15 is 0 Å². The summed E-state index contributed by atoms with van der Waals surface area (Å²) in [7, 11) is 0.299. The number of rotatable bonds is 4. The molecule has 0 heterocycles.